The summed E-state index contributed by atoms with van der Waals surface area (Å²) in [5.41, 5.74) is 2.62. The number of hydrogen-bond donors (Lipinski definition) is 0. The Hall–Kier alpha value is -1.31. The first kappa shape index (κ1) is 25.0. The quantitative estimate of drug-likeness (QED) is 0.347. The second-order valence-corrected chi connectivity index (χ2v) is 9.92. The molecule has 4 nitrogen and oxygen atoms in total. The van der Waals surface area contributed by atoms with Gasteiger partial charge in [0.15, 0.2) is 5.13 Å². The number of nitrogens with zero attached hydrogens (tertiary/aromatic N) is 3. The number of hydrogen-bond acceptors (Lipinski definition) is 5. The van der Waals surface area contributed by atoms with Gasteiger partial charge in [-0.05, 0) is 81.7 Å². The Labute approximate surface area is 198 Å². The number of benzene rings is 2. The van der Waals surface area contributed by atoms with Gasteiger partial charge in [-0.25, -0.2) is 4.98 Å². The van der Waals surface area contributed by atoms with E-state index in [4.69, 9.17) is 16.6 Å². The Bertz CT molecular complexity index is 990. The first-order valence-electron chi connectivity index (χ1n) is 9.65. The SMILES string of the molecule is CCSc1ccc(C(=O)N(CCCN(C)C)c2nc3c(C)cc(Cl)cc3s2)cc1.Cl. The number of carbonyl (C=O) groups is 1. The molecule has 0 bridgehead atoms. The first-order valence-corrected chi connectivity index (χ1v) is 11.8. The highest BCUT2D eigenvalue weighted by atomic mass is 35.5. The summed E-state index contributed by atoms with van der Waals surface area (Å²) in [6.45, 7) is 5.65. The first-order chi connectivity index (χ1) is 13.9. The number of rotatable bonds is 8. The summed E-state index contributed by atoms with van der Waals surface area (Å²) in [5.74, 6) is 0.997. The number of aromatic nitrogens is 1. The molecule has 0 aliphatic heterocycles. The maximum atomic E-state index is 13.4. The number of aryl methyl sites for hydroxylation is 1. The van der Waals surface area contributed by atoms with E-state index in [1.807, 2.05) is 62.3 Å². The normalized spacial score (nSPS) is 11.0. The van der Waals surface area contributed by atoms with Crippen molar-refractivity contribution in [2.45, 2.75) is 25.2 Å². The van der Waals surface area contributed by atoms with Gasteiger partial charge >= 0.3 is 0 Å². The molecule has 3 aromatic rings. The fraction of sp³-hybridized carbons (Fsp3) is 0.364. The average molecular weight is 485 g/mol. The predicted octanol–water partition coefficient (Wildman–Crippen LogP) is 6.39. The molecular weight excluding hydrogens is 457 g/mol. The van der Waals surface area contributed by atoms with Gasteiger partial charge in [0.25, 0.3) is 5.91 Å². The van der Waals surface area contributed by atoms with E-state index in [1.165, 1.54) is 16.2 Å². The standard InChI is InChI=1S/C22H26ClN3OS2.ClH/c1-5-28-18-9-7-16(8-10-18)21(27)26(12-6-11-25(3)4)22-24-20-15(2)13-17(23)14-19(20)29-22;/h7-10,13-14H,5-6,11-12H2,1-4H3;1H. The monoisotopic (exact) mass is 483 g/mol. The molecule has 0 N–H and O–H groups in total. The van der Waals surface area contributed by atoms with Crippen LogP contribution in [0.15, 0.2) is 41.3 Å². The van der Waals surface area contributed by atoms with Crippen molar-refractivity contribution in [2.75, 3.05) is 37.8 Å². The van der Waals surface area contributed by atoms with Crippen LogP contribution in [0.5, 0.6) is 0 Å². The highest BCUT2D eigenvalue weighted by molar-refractivity contribution is 7.99. The molecule has 0 saturated carbocycles. The van der Waals surface area contributed by atoms with Crippen molar-refractivity contribution in [3.05, 3.63) is 52.5 Å². The van der Waals surface area contributed by atoms with Crippen molar-refractivity contribution in [1.82, 2.24) is 9.88 Å². The lowest BCUT2D eigenvalue weighted by Crippen LogP contribution is -2.33. The van der Waals surface area contributed by atoms with Crippen LogP contribution < -0.4 is 4.90 Å². The summed E-state index contributed by atoms with van der Waals surface area (Å²) in [4.78, 5) is 23.3. The lowest BCUT2D eigenvalue weighted by molar-refractivity contribution is 0.0986. The van der Waals surface area contributed by atoms with Crippen LogP contribution in [0.2, 0.25) is 5.02 Å². The summed E-state index contributed by atoms with van der Waals surface area (Å²) >= 11 is 9.51. The van der Waals surface area contributed by atoms with Crippen LogP contribution in [0.25, 0.3) is 10.2 Å². The smallest absolute Gasteiger partial charge is 0.260 e. The second kappa shape index (κ2) is 11.3. The fourth-order valence-corrected chi connectivity index (χ4v) is 5.21. The number of halogens is 2. The highest BCUT2D eigenvalue weighted by Gasteiger charge is 2.22. The van der Waals surface area contributed by atoms with E-state index in [9.17, 15) is 4.79 Å². The van der Waals surface area contributed by atoms with Gasteiger partial charge in [0, 0.05) is 22.0 Å². The third kappa shape index (κ3) is 6.11. The molecule has 162 valence electrons. The molecule has 0 atom stereocenters. The van der Waals surface area contributed by atoms with Crippen molar-refractivity contribution < 1.29 is 4.79 Å². The van der Waals surface area contributed by atoms with Crippen LogP contribution in [0.3, 0.4) is 0 Å². The Balaban J connectivity index is 0.00000320. The van der Waals surface area contributed by atoms with E-state index in [-0.39, 0.29) is 18.3 Å². The van der Waals surface area contributed by atoms with Gasteiger partial charge in [-0.15, -0.1) is 24.2 Å². The van der Waals surface area contributed by atoms with Gasteiger partial charge in [-0.3, -0.25) is 9.69 Å². The molecule has 0 fully saturated rings. The molecule has 1 aromatic heterocycles. The largest absolute Gasteiger partial charge is 0.309 e. The number of thiazole rings is 1. The lowest BCUT2D eigenvalue weighted by atomic mass is 10.2. The van der Waals surface area contributed by atoms with Crippen LogP contribution >= 0.6 is 47.1 Å². The van der Waals surface area contributed by atoms with Crippen LogP contribution in [-0.2, 0) is 0 Å². The van der Waals surface area contributed by atoms with E-state index in [1.54, 1.807) is 11.8 Å². The molecule has 0 unspecified atom stereocenters. The Morgan fingerprint density at radius 1 is 1.17 bits per heavy atom. The van der Waals surface area contributed by atoms with Gasteiger partial charge in [-0.2, -0.15) is 0 Å². The Morgan fingerprint density at radius 3 is 2.50 bits per heavy atom. The third-order valence-corrected chi connectivity index (χ3v) is 6.65. The van der Waals surface area contributed by atoms with Crippen LogP contribution in [0, 0.1) is 6.92 Å². The molecule has 2 aromatic carbocycles. The predicted molar refractivity (Wildman–Crippen MR) is 134 cm³/mol. The lowest BCUT2D eigenvalue weighted by Gasteiger charge is -2.21. The number of carbonyl (C=O) groups excluding carboxylic acids is 1. The third-order valence-electron chi connectivity index (χ3n) is 4.51. The van der Waals surface area contributed by atoms with Crippen LogP contribution in [0.4, 0.5) is 5.13 Å². The van der Waals surface area contributed by atoms with Crippen LogP contribution in [0.1, 0.15) is 29.3 Å². The van der Waals surface area contributed by atoms with E-state index < -0.39 is 0 Å². The molecule has 0 radical (unpaired) electrons. The van der Waals surface area contributed by atoms with E-state index in [2.05, 4.69) is 11.8 Å². The number of fused-ring (bicyclic) bond motifs is 1. The van der Waals surface area contributed by atoms with E-state index >= 15 is 0 Å². The van der Waals surface area contributed by atoms with E-state index in [0.717, 1.165) is 39.6 Å². The minimum absolute atomic E-state index is 0. The minimum Gasteiger partial charge on any atom is -0.309 e. The molecule has 0 aliphatic rings. The molecule has 0 aliphatic carbocycles. The summed E-state index contributed by atoms with van der Waals surface area (Å²) in [6, 6.07) is 11.7. The van der Waals surface area contributed by atoms with Crippen molar-refractivity contribution in [3.63, 3.8) is 0 Å². The topological polar surface area (TPSA) is 36.4 Å². The van der Waals surface area contributed by atoms with Crippen LogP contribution in [-0.4, -0.2) is 48.7 Å². The fourth-order valence-electron chi connectivity index (χ4n) is 3.10. The van der Waals surface area contributed by atoms with Gasteiger partial charge in [0.2, 0.25) is 0 Å². The molecule has 3 rings (SSSR count). The molecule has 1 amide bonds. The second-order valence-electron chi connectivity index (χ2n) is 7.14. The Morgan fingerprint density at radius 2 is 1.87 bits per heavy atom. The minimum atomic E-state index is -0.0142. The van der Waals surface area contributed by atoms with Gasteiger partial charge in [0.1, 0.15) is 0 Å². The van der Waals surface area contributed by atoms with E-state index in [0.29, 0.717) is 17.1 Å². The maximum Gasteiger partial charge on any atom is 0.260 e. The maximum absolute atomic E-state index is 13.4. The van der Waals surface area contributed by atoms with Crippen molar-refractivity contribution in [2.24, 2.45) is 0 Å². The summed E-state index contributed by atoms with van der Waals surface area (Å²) in [7, 11) is 4.08. The highest BCUT2D eigenvalue weighted by Crippen LogP contribution is 2.34. The summed E-state index contributed by atoms with van der Waals surface area (Å²) in [5, 5.41) is 1.42. The molecular formula is C22H27Cl2N3OS2. The summed E-state index contributed by atoms with van der Waals surface area (Å²) in [6.07, 6.45) is 0.873. The summed E-state index contributed by atoms with van der Waals surface area (Å²) < 4.78 is 1.00. The van der Waals surface area contributed by atoms with Crippen molar-refractivity contribution >= 4 is 68.4 Å². The number of anilines is 1. The van der Waals surface area contributed by atoms with Crippen molar-refractivity contribution in [3.8, 4) is 0 Å². The zero-order valence-corrected chi connectivity index (χ0v) is 20.9. The van der Waals surface area contributed by atoms with Gasteiger partial charge < -0.3 is 4.90 Å². The molecule has 30 heavy (non-hydrogen) atoms. The molecule has 0 saturated heterocycles. The zero-order valence-electron chi connectivity index (χ0n) is 17.6. The zero-order chi connectivity index (χ0) is 21.0. The molecule has 0 spiro atoms. The van der Waals surface area contributed by atoms with Crippen molar-refractivity contribution in [1.29, 1.82) is 0 Å². The molecule has 8 heteroatoms. The number of thioether (sulfide) groups is 1. The average Bonchev–Trinajstić information content (AvgIpc) is 3.09. The molecule has 1 heterocycles. The number of amides is 1. The van der Waals surface area contributed by atoms with Gasteiger partial charge in [-0.1, -0.05) is 29.9 Å². The Kier molecular flexibility index (Phi) is 9.44. The van der Waals surface area contributed by atoms with Gasteiger partial charge in [0.05, 0.1) is 10.2 Å².